The molecule has 1 saturated heterocycles. The van der Waals surface area contributed by atoms with Crippen molar-refractivity contribution in [1.82, 2.24) is 0 Å². The normalized spacial score (nSPS) is 15.7. The Morgan fingerprint density at radius 2 is 1.74 bits per heavy atom. The van der Waals surface area contributed by atoms with Crippen LogP contribution in [0.1, 0.15) is 5.56 Å². The minimum Gasteiger partial charge on any atom is -0.268 e. The summed E-state index contributed by atoms with van der Waals surface area (Å²) in [5.41, 5.74) is 0.429. The third kappa shape index (κ3) is 4.08. The molecule has 0 radical (unpaired) electrons. The van der Waals surface area contributed by atoms with Crippen molar-refractivity contribution in [3.05, 3.63) is 71.0 Å². The average molecular weight is 480 g/mol. The van der Waals surface area contributed by atoms with Crippen molar-refractivity contribution in [3.63, 3.8) is 0 Å². The number of halogens is 4. The number of hydrogen-bond donors (Lipinski definition) is 0. The molecule has 138 valence electrons. The third-order valence-corrected chi connectivity index (χ3v) is 6.18. The van der Waals surface area contributed by atoms with Gasteiger partial charge in [-0.05, 0) is 30.3 Å². The van der Waals surface area contributed by atoms with E-state index in [1.807, 2.05) is 0 Å². The Morgan fingerprint density at radius 3 is 2.37 bits per heavy atom. The van der Waals surface area contributed by atoms with E-state index in [1.54, 1.807) is 12.1 Å². The van der Waals surface area contributed by atoms with Crippen LogP contribution in [0, 0.1) is 10.1 Å². The lowest BCUT2D eigenvalue weighted by molar-refractivity contribution is -0.384. The lowest BCUT2D eigenvalue weighted by Gasteiger charge is -2.15. The molecule has 1 aliphatic rings. The molecule has 0 N–H and O–H groups in total. The molecule has 27 heavy (non-hydrogen) atoms. The van der Waals surface area contributed by atoms with Gasteiger partial charge in [-0.25, -0.2) is 0 Å². The fraction of sp³-hybridized carbons (Fsp3) is 0. The molecular weight excluding hydrogens is 474 g/mol. The van der Waals surface area contributed by atoms with E-state index in [0.29, 0.717) is 10.7 Å². The SMILES string of the molecule is O=C1/C(=C\c2cc([N+](=O)[O-])c(Cl)cc2Cl)SC(=S)N1c1ccc(Cl)c(Cl)c1. The molecule has 1 heterocycles. The number of thiocarbonyl (C=S) groups is 1. The lowest BCUT2D eigenvalue weighted by Crippen LogP contribution is -2.27. The number of carbonyl (C=O) groups is 1. The van der Waals surface area contributed by atoms with Crippen LogP contribution in [0.5, 0.6) is 0 Å². The molecule has 0 aromatic heterocycles. The van der Waals surface area contributed by atoms with Crippen molar-refractivity contribution >= 4 is 98.1 Å². The van der Waals surface area contributed by atoms with Gasteiger partial charge >= 0.3 is 0 Å². The Morgan fingerprint density at radius 1 is 1.04 bits per heavy atom. The first-order valence-electron chi connectivity index (χ1n) is 7.05. The minimum absolute atomic E-state index is 0.0921. The zero-order valence-corrected chi connectivity index (χ0v) is 17.6. The maximum absolute atomic E-state index is 12.8. The van der Waals surface area contributed by atoms with Gasteiger partial charge in [-0.2, -0.15) is 0 Å². The van der Waals surface area contributed by atoms with Crippen LogP contribution in [-0.2, 0) is 4.79 Å². The molecule has 0 unspecified atom stereocenters. The van der Waals surface area contributed by atoms with E-state index in [2.05, 4.69) is 0 Å². The molecule has 0 aliphatic carbocycles. The van der Waals surface area contributed by atoms with Crippen molar-refractivity contribution in [2.75, 3.05) is 4.90 Å². The van der Waals surface area contributed by atoms with E-state index in [-0.39, 0.29) is 35.5 Å². The van der Waals surface area contributed by atoms with E-state index in [1.165, 1.54) is 29.2 Å². The third-order valence-electron chi connectivity index (χ3n) is 3.50. The summed E-state index contributed by atoms with van der Waals surface area (Å²) in [6, 6.07) is 7.16. The first-order valence-corrected chi connectivity index (χ1v) is 9.79. The molecule has 5 nitrogen and oxygen atoms in total. The number of thioether (sulfide) groups is 1. The number of amides is 1. The summed E-state index contributed by atoms with van der Waals surface area (Å²) in [6.07, 6.45) is 1.43. The first kappa shape index (κ1) is 20.4. The fourth-order valence-corrected chi connectivity index (χ4v) is 4.35. The van der Waals surface area contributed by atoms with Gasteiger partial charge < -0.3 is 0 Å². The fourth-order valence-electron chi connectivity index (χ4n) is 2.26. The second-order valence-electron chi connectivity index (χ2n) is 5.20. The summed E-state index contributed by atoms with van der Waals surface area (Å²) >= 11 is 30.2. The summed E-state index contributed by atoms with van der Waals surface area (Å²) < 4.78 is 0.282. The molecular formula is C16H6Cl4N2O3S2. The maximum atomic E-state index is 12.8. The van der Waals surface area contributed by atoms with Gasteiger partial charge in [0.2, 0.25) is 0 Å². The van der Waals surface area contributed by atoms with Gasteiger partial charge in [0.15, 0.2) is 4.32 Å². The van der Waals surface area contributed by atoms with Crippen LogP contribution in [0.25, 0.3) is 6.08 Å². The number of carbonyl (C=O) groups excluding carboxylic acids is 1. The predicted octanol–water partition coefficient (Wildman–Crippen LogP) is 6.61. The Balaban J connectivity index is 2.01. The largest absolute Gasteiger partial charge is 0.288 e. The molecule has 0 atom stereocenters. The zero-order chi connectivity index (χ0) is 19.9. The quantitative estimate of drug-likeness (QED) is 0.214. The van der Waals surface area contributed by atoms with Crippen LogP contribution in [0.15, 0.2) is 35.2 Å². The highest BCUT2D eigenvalue weighted by Gasteiger charge is 2.34. The number of benzene rings is 2. The predicted molar refractivity (Wildman–Crippen MR) is 115 cm³/mol. The van der Waals surface area contributed by atoms with Gasteiger partial charge in [0.25, 0.3) is 11.6 Å². The number of nitrogens with zero attached hydrogens (tertiary/aromatic N) is 2. The Hall–Kier alpha value is -1.35. The Kier molecular flexibility index (Phi) is 6.00. The molecule has 1 fully saturated rings. The number of anilines is 1. The van der Waals surface area contributed by atoms with Gasteiger partial charge in [-0.15, -0.1) is 0 Å². The van der Waals surface area contributed by atoms with Gasteiger partial charge in [0, 0.05) is 16.7 Å². The molecule has 0 bridgehead atoms. The highest BCUT2D eigenvalue weighted by molar-refractivity contribution is 8.27. The molecule has 0 saturated carbocycles. The highest BCUT2D eigenvalue weighted by atomic mass is 35.5. The standard InChI is InChI=1S/C16H6Cl4N2O3S2/c17-9-2-1-8(5-11(9)19)21-15(23)14(27-16(21)26)4-7-3-13(22(24)25)12(20)6-10(7)18/h1-6H/b14-4+. The molecule has 2 aromatic rings. The molecule has 0 spiro atoms. The molecule has 3 rings (SSSR count). The van der Waals surface area contributed by atoms with Crippen LogP contribution < -0.4 is 4.90 Å². The molecule has 2 aromatic carbocycles. The van der Waals surface area contributed by atoms with Crippen LogP contribution in [0.3, 0.4) is 0 Å². The molecule has 1 aliphatic heterocycles. The van der Waals surface area contributed by atoms with Crippen LogP contribution in [-0.4, -0.2) is 15.2 Å². The van der Waals surface area contributed by atoms with Gasteiger partial charge in [-0.3, -0.25) is 19.8 Å². The summed E-state index contributed by atoms with van der Waals surface area (Å²) in [4.78, 5) is 24.8. The van der Waals surface area contributed by atoms with E-state index in [9.17, 15) is 14.9 Å². The van der Waals surface area contributed by atoms with Crippen LogP contribution in [0.4, 0.5) is 11.4 Å². The Labute approximate surface area is 183 Å². The van der Waals surface area contributed by atoms with Crippen molar-refractivity contribution in [3.8, 4) is 0 Å². The van der Waals surface area contributed by atoms with Gasteiger partial charge in [0.05, 0.1) is 25.6 Å². The summed E-state index contributed by atoms with van der Waals surface area (Å²) in [5.74, 6) is -0.406. The maximum Gasteiger partial charge on any atom is 0.288 e. The smallest absolute Gasteiger partial charge is 0.268 e. The van der Waals surface area contributed by atoms with E-state index < -0.39 is 10.8 Å². The van der Waals surface area contributed by atoms with Crippen LogP contribution >= 0.6 is 70.4 Å². The molecule has 11 heteroatoms. The lowest BCUT2D eigenvalue weighted by atomic mass is 10.1. The van der Waals surface area contributed by atoms with Crippen LogP contribution in [0.2, 0.25) is 20.1 Å². The van der Waals surface area contributed by atoms with Gasteiger partial charge in [-0.1, -0.05) is 70.4 Å². The number of nitro groups is 1. The van der Waals surface area contributed by atoms with Crippen molar-refractivity contribution in [1.29, 1.82) is 0 Å². The number of hydrogen-bond acceptors (Lipinski definition) is 5. The monoisotopic (exact) mass is 478 g/mol. The molecule has 1 amide bonds. The highest BCUT2D eigenvalue weighted by Crippen LogP contribution is 2.39. The van der Waals surface area contributed by atoms with Gasteiger partial charge in [0.1, 0.15) is 5.02 Å². The van der Waals surface area contributed by atoms with E-state index in [0.717, 1.165) is 11.8 Å². The Bertz CT molecular complexity index is 1040. The summed E-state index contributed by atoms with van der Waals surface area (Å²) in [7, 11) is 0. The van der Waals surface area contributed by atoms with E-state index in [4.69, 9.17) is 58.6 Å². The van der Waals surface area contributed by atoms with Crippen molar-refractivity contribution < 1.29 is 9.72 Å². The zero-order valence-electron chi connectivity index (χ0n) is 12.9. The second-order valence-corrected chi connectivity index (χ2v) is 8.50. The first-order chi connectivity index (χ1) is 12.7. The summed E-state index contributed by atoms with van der Waals surface area (Å²) in [5, 5.41) is 11.8. The minimum atomic E-state index is -0.628. The summed E-state index contributed by atoms with van der Waals surface area (Å²) in [6.45, 7) is 0. The van der Waals surface area contributed by atoms with Crippen molar-refractivity contribution in [2.45, 2.75) is 0 Å². The van der Waals surface area contributed by atoms with Crippen molar-refractivity contribution in [2.24, 2.45) is 0 Å². The number of nitro benzene ring substituents is 1. The average Bonchev–Trinajstić information content (AvgIpc) is 2.86. The second kappa shape index (κ2) is 7.95. The van der Waals surface area contributed by atoms with E-state index >= 15 is 0 Å². The topological polar surface area (TPSA) is 63.4 Å². The number of rotatable bonds is 3.